The number of hydrogen-bond acceptors (Lipinski definition) is 8. The molecule has 0 N–H and O–H groups in total. The summed E-state index contributed by atoms with van der Waals surface area (Å²) in [5.74, 6) is 1.54. The van der Waals surface area contributed by atoms with E-state index in [1.807, 2.05) is 27.8 Å². The van der Waals surface area contributed by atoms with Crippen LogP contribution in [0.25, 0.3) is 0 Å². The SMILES string of the molecule is CC.Cc1nnn(C)n1.Cc1nnnn1C.Cn1cnnc1.[HH].[HH].[HH].[HH].[HH].[HH].[HH].[HH].[HH].[HH].[HH].[HH].[HH]. The molecule has 3 rings (SSSR count). The summed E-state index contributed by atoms with van der Waals surface area (Å²) in [6, 6.07) is 0. The average molecular weight is 336 g/mol. The molecular formula is C11H49N11. The molecule has 3 aromatic heterocycles. The van der Waals surface area contributed by atoms with E-state index >= 15 is 0 Å². The van der Waals surface area contributed by atoms with Crippen LogP contribution in [0.1, 0.15) is 44.0 Å². The molecule has 11 heteroatoms. The highest BCUT2D eigenvalue weighted by Gasteiger charge is 1.87. The summed E-state index contributed by atoms with van der Waals surface area (Å²) in [6.07, 6.45) is 3.28. The third-order valence-corrected chi connectivity index (χ3v) is 1.97. The smallest absolute Gasteiger partial charge is 0.171 e. The Kier molecular flexibility index (Phi) is 9.64. The van der Waals surface area contributed by atoms with Crippen molar-refractivity contribution in [2.24, 2.45) is 21.1 Å². The molecule has 0 aliphatic rings. The summed E-state index contributed by atoms with van der Waals surface area (Å²) < 4.78 is 3.39. The standard InChI is InChI=1S/2C3H6N4.C3H5N3.C2H6.13H2/c1-3-4-5-6-7(3)2;1-3-4-6-7(2)5-3;1-6-2-4-5-3-6;1-2;;;;;;;;;;;;;/h2*1-2H3;2-3H,1H3;1-2H3;13*1H. The molecule has 0 atom stereocenters. The summed E-state index contributed by atoms with van der Waals surface area (Å²) in [7, 11) is 5.41. The maximum absolute atomic E-state index is 3.81. The van der Waals surface area contributed by atoms with Crippen molar-refractivity contribution in [2.45, 2.75) is 27.7 Å². The van der Waals surface area contributed by atoms with Gasteiger partial charge in [-0.05, 0) is 29.5 Å². The molecule has 11 nitrogen and oxygen atoms in total. The van der Waals surface area contributed by atoms with Gasteiger partial charge in [0.15, 0.2) is 5.82 Å². The van der Waals surface area contributed by atoms with E-state index in [4.69, 9.17) is 0 Å². The van der Waals surface area contributed by atoms with Crippen LogP contribution in [0, 0.1) is 13.8 Å². The quantitative estimate of drug-likeness (QED) is 0.615. The molecule has 3 heterocycles. The van der Waals surface area contributed by atoms with Crippen molar-refractivity contribution in [3.63, 3.8) is 0 Å². The van der Waals surface area contributed by atoms with E-state index in [0.717, 1.165) is 5.82 Å². The summed E-state index contributed by atoms with van der Waals surface area (Å²) in [6.45, 7) is 7.65. The number of nitrogens with zero attached hydrogens (tertiary/aromatic N) is 11. The van der Waals surface area contributed by atoms with Gasteiger partial charge in [-0.15, -0.1) is 25.5 Å². The van der Waals surface area contributed by atoms with E-state index in [1.165, 1.54) is 4.80 Å². The van der Waals surface area contributed by atoms with Crippen molar-refractivity contribution in [1.82, 2.24) is 55.2 Å². The minimum Gasteiger partial charge on any atom is -0.323 e. The van der Waals surface area contributed by atoms with Gasteiger partial charge >= 0.3 is 0 Å². The Balaban J connectivity index is -0.0000000129. The van der Waals surface area contributed by atoms with Gasteiger partial charge in [0.05, 0.1) is 7.05 Å². The first kappa shape index (κ1) is 19.3. The van der Waals surface area contributed by atoms with Gasteiger partial charge in [0.1, 0.15) is 18.5 Å². The number of hydrogen-bond donors (Lipinski definition) is 0. The van der Waals surface area contributed by atoms with Gasteiger partial charge < -0.3 is 4.57 Å². The fourth-order valence-electron chi connectivity index (χ4n) is 0.905. The Morgan fingerprint density at radius 3 is 1.64 bits per heavy atom. The molecular weight excluding hydrogens is 286 g/mol. The lowest BCUT2D eigenvalue weighted by Gasteiger charge is -1.81. The van der Waals surface area contributed by atoms with E-state index in [1.54, 1.807) is 42.9 Å². The van der Waals surface area contributed by atoms with Crippen molar-refractivity contribution in [3.8, 4) is 0 Å². The van der Waals surface area contributed by atoms with Crippen molar-refractivity contribution >= 4 is 0 Å². The second kappa shape index (κ2) is 11.0. The topological polar surface area (TPSA) is 118 Å². The number of aromatic nitrogens is 11. The minimum atomic E-state index is 0. The summed E-state index contributed by atoms with van der Waals surface area (Å²) in [5, 5.41) is 28.6. The van der Waals surface area contributed by atoms with Crippen molar-refractivity contribution < 1.29 is 18.5 Å². The van der Waals surface area contributed by atoms with Gasteiger partial charge in [-0.1, -0.05) is 13.8 Å². The van der Waals surface area contributed by atoms with Crippen LogP contribution in [0.5, 0.6) is 0 Å². The van der Waals surface area contributed by atoms with E-state index < -0.39 is 0 Å². The first-order valence-corrected chi connectivity index (χ1v) is 6.67. The van der Waals surface area contributed by atoms with Crippen LogP contribution >= 0.6 is 0 Å². The highest BCUT2D eigenvalue weighted by atomic mass is 15.6. The Morgan fingerprint density at radius 2 is 1.50 bits per heavy atom. The van der Waals surface area contributed by atoms with Gasteiger partial charge in [0, 0.05) is 32.6 Å². The molecule has 0 bridgehead atoms. The molecule has 0 aliphatic heterocycles. The second-order valence-electron chi connectivity index (χ2n) is 3.80. The third-order valence-electron chi connectivity index (χ3n) is 1.97. The number of tetrazole rings is 2. The first-order chi connectivity index (χ1) is 10.5. The fraction of sp³-hybridized carbons (Fsp3) is 0.636. The Bertz CT molecular complexity index is 595. The van der Waals surface area contributed by atoms with Gasteiger partial charge in [-0.3, -0.25) is 0 Å². The van der Waals surface area contributed by atoms with Crippen molar-refractivity contribution in [1.29, 1.82) is 0 Å². The molecule has 0 saturated heterocycles. The fourth-order valence-corrected chi connectivity index (χ4v) is 0.905. The summed E-state index contributed by atoms with van der Waals surface area (Å²) in [4.78, 5) is 1.43. The molecule has 0 unspecified atom stereocenters. The second-order valence-corrected chi connectivity index (χ2v) is 3.80. The molecule has 0 saturated carbocycles. The van der Waals surface area contributed by atoms with Gasteiger partial charge in [-0.25, -0.2) is 4.68 Å². The Labute approximate surface area is 148 Å². The zero-order valence-corrected chi connectivity index (χ0v) is 14.1. The maximum atomic E-state index is 3.81. The number of aryl methyl sites for hydroxylation is 5. The Morgan fingerprint density at radius 1 is 0.909 bits per heavy atom. The molecule has 0 aliphatic carbocycles. The lowest BCUT2D eigenvalue weighted by Crippen LogP contribution is -1.92. The highest BCUT2D eigenvalue weighted by molar-refractivity contribution is 4.69. The molecule has 148 valence electrons. The van der Waals surface area contributed by atoms with Crippen LogP contribution in [-0.2, 0) is 21.1 Å². The average Bonchev–Trinajstić information content (AvgIpc) is 3.21. The predicted molar refractivity (Wildman–Crippen MR) is 107 cm³/mol. The molecule has 0 aromatic carbocycles. The third kappa shape index (κ3) is 8.45. The van der Waals surface area contributed by atoms with E-state index in [2.05, 4.69) is 41.1 Å². The molecule has 0 fully saturated rings. The monoisotopic (exact) mass is 335 g/mol. The van der Waals surface area contributed by atoms with Crippen LogP contribution in [-0.4, -0.2) is 55.2 Å². The maximum Gasteiger partial charge on any atom is 0.171 e. The normalized spacial score (nSPS) is 8.68. The van der Waals surface area contributed by atoms with Gasteiger partial charge in [0.2, 0.25) is 0 Å². The lowest BCUT2D eigenvalue weighted by atomic mass is 10.7. The molecule has 22 heavy (non-hydrogen) atoms. The molecule has 0 radical (unpaired) electrons. The van der Waals surface area contributed by atoms with E-state index in [9.17, 15) is 0 Å². The van der Waals surface area contributed by atoms with E-state index in [0.29, 0.717) is 5.82 Å². The van der Waals surface area contributed by atoms with Crippen LogP contribution in [0.2, 0.25) is 0 Å². The van der Waals surface area contributed by atoms with Gasteiger partial charge in [-0.2, -0.15) is 4.80 Å². The van der Waals surface area contributed by atoms with Gasteiger partial charge in [0.25, 0.3) is 0 Å². The van der Waals surface area contributed by atoms with Crippen LogP contribution in [0.3, 0.4) is 0 Å². The van der Waals surface area contributed by atoms with Crippen LogP contribution in [0.4, 0.5) is 0 Å². The summed E-state index contributed by atoms with van der Waals surface area (Å²) in [5.41, 5.74) is 0. The molecule has 3 aromatic rings. The lowest BCUT2D eigenvalue weighted by molar-refractivity contribution is 0.629. The van der Waals surface area contributed by atoms with Crippen molar-refractivity contribution in [2.75, 3.05) is 0 Å². The van der Waals surface area contributed by atoms with Crippen molar-refractivity contribution in [3.05, 3.63) is 24.3 Å². The van der Waals surface area contributed by atoms with Crippen LogP contribution in [0.15, 0.2) is 12.7 Å². The minimum absolute atomic E-state index is 0. The van der Waals surface area contributed by atoms with E-state index in [-0.39, 0.29) is 18.5 Å². The largest absolute Gasteiger partial charge is 0.323 e. The Hall–Kier alpha value is -2.72. The zero-order chi connectivity index (χ0) is 17.0. The summed E-state index contributed by atoms with van der Waals surface area (Å²) >= 11 is 0. The molecule has 0 amide bonds. The highest BCUT2D eigenvalue weighted by Crippen LogP contribution is 1.78. The zero-order valence-electron chi connectivity index (χ0n) is 14.1. The predicted octanol–water partition coefficient (Wildman–Crippen LogP) is 3.08. The first-order valence-electron chi connectivity index (χ1n) is 6.67. The molecule has 0 spiro atoms. The number of rotatable bonds is 0. The van der Waals surface area contributed by atoms with Crippen LogP contribution < -0.4 is 0 Å².